The molecular weight excluding hydrogens is 286 g/mol. The molecule has 0 atom stereocenters. The Hall–Kier alpha value is -2.45. The molecule has 0 bridgehead atoms. The van der Waals surface area contributed by atoms with Gasteiger partial charge in [0.25, 0.3) is 0 Å². The Bertz CT molecular complexity index is 804. The molecule has 0 aliphatic rings. The van der Waals surface area contributed by atoms with Crippen LogP contribution in [0.4, 0.5) is 0 Å². The van der Waals surface area contributed by atoms with E-state index in [1.165, 1.54) is 0 Å². The van der Waals surface area contributed by atoms with Gasteiger partial charge in [-0.2, -0.15) is 5.26 Å². The van der Waals surface area contributed by atoms with E-state index in [1.807, 2.05) is 16.7 Å². The Kier molecular flexibility index (Phi) is 3.80. The van der Waals surface area contributed by atoms with Crippen LogP contribution in [0.5, 0.6) is 0 Å². The molecule has 0 fully saturated rings. The first kappa shape index (κ1) is 13.5. The third-order valence-corrected chi connectivity index (χ3v) is 3.35. The van der Waals surface area contributed by atoms with Crippen molar-refractivity contribution in [3.63, 3.8) is 0 Å². The molecule has 5 nitrogen and oxygen atoms in total. The average molecular weight is 298 g/mol. The SMILES string of the molecule is N#CCCCn1c(-c2cccnc2)nc2cc(Cl)cnc21. The maximum atomic E-state index is 8.71. The van der Waals surface area contributed by atoms with E-state index >= 15 is 0 Å². The molecule has 0 radical (unpaired) electrons. The van der Waals surface area contributed by atoms with Crippen LogP contribution in [-0.2, 0) is 6.54 Å². The summed E-state index contributed by atoms with van der Waals surface area (Å²) in [5.74, 6) is 0.797. The molecule has 6 heteroatoms. The maximum absolute atomic E-state index is 8.71. The van der Waals surface area contributed by atoms with Gasteiger partial charge in [-0.25, -0.2) is 9.97 Å². The van der Waals surface area contributed by atoms with Crippen LogP contribution in [0.2, 0.25) is 5.02 Å². The number of nitrogens with zero attached hydrogens (tertiary/aromatic N) is 5. The molecule has 21 heavy (non-hydrogen) atoms. The molecule has 3 aromatic rings. The normalized spacial score (nSPS) is 10.7. The monoisotopic (exact) mass is 297 g/mol. The highest BCUT2D eigenvalue weighted by molar-refractivity contribution is 6.31. The second kappa shape index (κ2) is 5.90. The molecular formula is C15H12ClN5. The lowest BCUT2D eigenvalue weighted by Gasteiger charge is -2.07. The molecule has 0 spiro atoms. The summed E-state index contributed by atoms with van der Waals surface area (Å²) in [5.41, 5.74) is 2.44. The van der Waals surface area contributed by atoms with E-state index in [4.69, 9.17) is 16.9 Å². The molecule has 3 aromatic heterocycles. The van der Waals surface area contributed by atoms with Crippen molar-refractivity contribution in [1.82, 2.24) is 19.5 Å². The summed E-state index contributed by atoms with van der Waals surface area (Å²) in [6.07, 6.45) is 6.35. The average Bonchev–Trinajstić information content (AvgIpc) is 2.86. The lowest BCUT2D eigenvalue weighted by atomic mass is 10.2. The number of unbranched alkanes of at least 4 members (excludes halogenated alkanes) is 1. The first-order chi connectivity index (χ1) is 10.3. The smallest absolute Gasteiger partial charge is 0.160 e. The highest BCUT2D eigenvalue weighted by atomic mass is 35.5. The summed E-state index contributed by atoms with van der Waals surface area (Å²) in [6, 6.07) is 7.78. The van der Waals surface area contributed by atoms with Crippen LogP contribution in [0.15, 0.2) is 36.8 Å². The van der Waals surface area contributed by atoms with Gasteiger partial charge in [-0.3, -0.25) is 4.98 Å². The fourth-order valence-corrected chi connectivity index (χ4v) is 2.38. The lowest BCUT2D eigenvalue weighted by molar-refractivity contribution is 0.670. The quantitative estimate of drug-likeness (QED) is 0.692. The largest absolute Gasteiger partial charge is 0.309 e. The van der Waals surface area contributed by atoms with E-state index in [0.717, 1.165) is 29.0 Å². The zero-order valence-corrected chi connectivity index (χ0v) is 12.0. The molecule has 0 aliphatic carbocycles. The van der Waals surface area contributed by atoms with E-state index < -0.39 is 0 Å². The van der Waals surface area contributed by atoms with Crippen molar-refractivity contribution in [2.75, 3.05) is 0 Å². The number of halogens is 1. The summed E-state index contributed by atoms with van der Waals surface area (Å²) in [5, 5.41) is 9.27. The second-order valence-corrected chi connectivity index (χ2v) is 5.02. The molecule has 3 heterocycles. The third-order valence-electron chi connectivity index (χ3n) is 3.14. The van der Waals surface area contributed by atoms with Crippen LogP contribution in [-0.4, -0.2) is 19.5 Å². The predicted octanol–water partition coefficient (Wildman–Crippen LogP) is 3.45. The fraction of sp³-hybridized carbons (Fsp3) is 0.200. The van der Waals surface area contributed by atoms with Crippen LogP contribution in [0.3, 0.4) is 0 Å². The van der Waals surface area contributed by atoms with Crippen molar-refractivity contribution >= 4 is 22.8 Å². The van der Waals surface area contributed by atoms with Crippen LogP contribution < -0.4 is 0 Å². The number of pyridine rings is 2. The van der Waals surface area contributed by atoms with Gasteiger partial charge in [-0.1, -0.05) is 11.6 Å². The number of fused-ring (bicyclic) bond motifs is 1. The maximum Gasteiger partial charge on any atom is 0.160 e. The molecule has 104 valence electrons. The molecule has 0 unspecified atom stereocenters. The first-order valence-electron chi connectivity index (χ1n) is 6.59. The minimum Gasteiger partial charge on any atom is -0.309 e. The van der Waals surface area contributed by atoms with E-state index in [2.05, 4.69) is 21.0 Å². The van der Waals surface area contributed by atoms with E-state index in [-0.39, 0.29) is 0 Å². The summed E-state index contributed by atoms with van der Waals surface area (Å²) >= 11 is 5.99. The Morgan fingerprint density at radius 1 is 1.33 bits per heavy atom. The third kappa shape index (κ3) is 2.71. The number of hydrogen-bond acceptors (Lipinski definition) is 4. The molecule has 0 saturated heterocycles. The fourth-order valence-electron chi connectivity index (χ4n) is 2.23. The Balaban J connectivity index is 2.13. The number of aromatic nitrogens is 4. The Morgan fingerprint density at radius 3 is 3.00 bits per heavy atom. The van der Waals surface area contributed by atoms with Crippen molar-refractivity contribution in [3.05, 3.63) is 41.8 Å². The van der Waals surface area contributed by atoms with E-state index in [1.54, 1.807) is 24.7 Å². The standard InChI is InChI=1S/C15H12ClN5/c16-12-8-13-15(19-10-12)21(7-2-1-5-17)14(20-13)11-4-3-6-18-9-11/h3-4,6,8-10H,1-2,7H2. The molecule has 3 rings (SSSR count). The van der Waals surface area contributed by atoms with Crippen molar-refractivity contribution in [3.8, 4) is 17.5 Å². The van der Waals surface area contributed by atoms with Gasteiger partial charge in [-0.05, 0) is 24.6 Å². The molecule has 0 amide bonds. The zero-order valence-electron chi connectivity index (χ0n) is 11.2. The van der Waals surface area contributed by atoms with Gasteiger partial charge in [0, 0.05) is 37.1 Å². The van der Waals surface area contributed by atoms with Gasteiger partial charge in [0.2, 0.25) is 0 Å². The van der Waals surface area contributed by atoms with Crippen LogP contribution in [0.25, 0.3) is 22.6 Å². The summed E-state index contributed by atoms with van der Waals surface area (Å²) in [4.78, 5) is 13.1. The molecule has 0 N–H and O–H groups in total. The van der Waals surface area contributed by atoms with Gasteiger partial charge in [0.15, 0.2) is 5.65 Å². The van der Waals surface area contributed by atoms with Gasteiger partial charge in [-0.15, -0.1) is 0 Å². The van der Waals surface area contributed by atoms with Crippen molar-refractivity contribution < 1.29 is 0 Å². The minimum atomic E-state index is 0.500. The number of hydrogen-bond donors (Lipinski definition) is 0. The van der Waals surface area contributed by atoms with Crippen LogP contribution >= 0.6 is 11.6 Å². The highest BCUT2D eigenvalue weighted by Gasteiger charge is 2.13. The number of rotatable bonds is 4. The van der Waals surface area contributed by atoms with Gasteiger partial charge in [0.05, 0.1) is 11.1 Å². The lowest BCUT2D eigenvalue weighted by Crippen LogP contribution is -2.01. The van der Waals surface area contributed by atoms with E-state index in [9.17, 15) is 0 Å². The molecule has 0 saturated carbocycles. The Labute approximate surface area is 126 Å². The van der Waals surface area contributed by atoms with Crippen LogP contribution in [0.1, 0.15) is 12.8 Å². The summed E-state index contributed by atoms with van der Waals surface area (Å²) < 4.78 is 2.01. The zero-order chi connectivity index (χ0) is 14.7. The number of imidazole rings is 1. The minimum absolute atomic E-state index is 0.500. The summed E-state index contributed by atoms with van der Waals surface area (Å²) in [6.45, 7) is 0.683. The van der Waals surface area contributed by atoms with Crippen molar-refractivity contribution in [1.29, 1.82) is 5.26 Å². The van der Waals surface area contributed by atoms with Gasteiger partial charge >= 0.3 is 0 Å². The topological polar surface area (TPSA) is 67.4 Å². The van der Waals surface area contributed by atoms with Crippen LogP contribution in [0, 0.1) is 11.3 Å². The number of nitriles is 1. The van der Waals surface area contributed by atoms with Crippen molar-refractivity contribution in [2.45, 2.75) is 19.4 Å². The van der Waals surface area contributed by atoms with E-state index in [0.29, 0.717) is 18.0 Å². The van der Waals surface area contributed by atoms with Crippen molar-refractivity contribution in [2.24, 2.45) is 0 Å². The summed E-state index contributed by atoms with van der Waals surface area (Å²) in [7, 11) is 0. The van der Waals surface area contributed by atoms with Gasteiger partial charge in [0.1, 0.15) is 11.3 Å². The second-order valence-electron chi connectivity index (χ2n) is 4.59. The molecule has 0 aliphatic heterocycles. The predicted molar refractivity (Wildman–Crippen MR) is 80.6 cm³/mol. The number of aryl methyl sites for hydroxylation is 1. The molecule has 0 aromatic carbocycles. The highest BCUT2D eigenvalue weighted by Crippen LogP contribution is 2.25. The van der Waals surface area contributed by atoms with Gasteiger partial charge < -0.3 is 4.57 Å². The first-order valence-corrected chi connectivity index (χ1v) is 6.96. The Morgan fingerprint density at radius 2 is 2.24 bits per heavy atom.